The Bertz CT molecular complexity index is 720. The van der Waals surface area contributed by atoms with Crippen LogP contribution in [0.4, 0.5) is 5.69 Å². The predicted molar refractivity (Wildman–Crippen MR) is 80.7 cm³/mol. The van der Waals surface area contributed by atoms with Gasteiger partial charge in [0.1, 0.15) is 0 Å². The number of halogens is 2. The van der Waals surface area contributed by atoms with Crippen LogP contribution in [0.25, 0.3) is 0 Å². The number of benzene rings is 1. The van der Waals surface area contributed by atoms with Gasteiger partial charge in [-0.15, -0.1) is 11.3 Å². The molecule has 0 fully saturated rings. The summed E-state index contributed by atoms with van der Waals surface area (Å²) in [5.74, 6) is -0.989. The van der Waals surface area contributed by atoms with Crippen molar-refractivity contribution in [1.29, 1.82) is 0 Å². The summed E-state index contributed by atoms with van der Waals surface area (Å²) in [5.41, 5.74) is 0.224. The van der Waals surface area contributed by atoms with Crippen molar-refractivity contribution in [3.63, 3.8) is 0 Å². The van der Waals surface area contributed by atoms with Gasteiger partial charge in [-0.05, 0) is 6.07 Å². The molecule has 0 amide bonds. The van der Waals surface area contributed by atoms with Gasteiger partial charge in [0.05, 0.1) is 32.0 Å². The average molecular weight is 365 g/mol. The lowest BCUT2D eigenvalue weighted by Gasteiger charge is -2.02. The molecule has 6 nitrogen and oxygen atoms in total. The van der Waals surface area contributed by atoms with Crippen LogP contribution < -0.4 is 0 Å². The Labute approximate surface area is 136 Å². The maximum Gasteiger partial charge on any atom is 0.309 e. The Hall–Kier alpha value is -1.35. The second-order valence-corrected chi connectivity index (χ2v) is 6.73. The quantitative estimate of drug-likeness (QED) is 0.632. The molecule has 1 N–H and O–H groups in total. The Morgan fingerprint density at radius 2 is 2.10 bits per heavy atom. The molecule has 2 aromatic rings. The molecule has 0 spiro atoms. The van der Waals surface area contributed by atoms with Crippen molar-refractivity contribution in [2.75, 3.05) is 0 Å². The van der Waals surface area contributed by atoms with Crippen molar-refractivity contribution in [2.24, 2.45) is 0 Å². The molecule has 0 unspecified atom stereocenters. The van der Waals surface area contributed by atoms with Gasteiger partial charge in [0, 0.05) is 11.4 Å². The van der Waals surface area contributed by atoms with Crippen LogP contribution in [0.15, 0.2) is 26.7 Å². The molecule has 110 valence electrons. The Morgan fingerprint density at radius 1 is 1.43 bits per heavy atom. The van der Waals surface area contributed by atoms with Crippen molar-refractivity contribution in [3.05, 3.63) is 43.4 Å². The monoisotopic (exact) mass is 364 g/mol. The lowest BCUT2D eigenvalue weighted by molar-refractivity contribution is -0.387. The van der Waals surface area contributed by atoms with Crippen molar-refractivity contribution < 1.29 is 14.8 Å². The van der Waals surface area contributed by atoms with Gasteiger partial charge in [0.25, 0.3) is 5.69 Å². The number of nitrogens with zero attached hydrogens (tertiary/aromatic N) is 2. The molecule has 0 aliphatic rings. The largest absolute Gasteiger partial charge is 0.481 e. The first kappa shape index (κ1) is 16.0. The fourth-order valence-electron chi connectivity index (χ4n) is 1.41. The maximum atomic E-state index is 11.0. The van der Waals surface area contributed by atoms with Gasteiger partial charge in [-0.3, -0.25) is 14.9 Å². The van der Waals surface area contributed by atoms with Gasteiger partial charge in [-0.1, -0.05) is 35.0 Å². The standard InChI is InChI=1S/C11H6Cl2N2O4S2/c12-6-2-8(15(18)19)9(3-7(6)13)21-11-14-5(4-20-11)1-10(16)17/h2-4H,1H2,(H,16,17). The maximum absolute atomic E-state index is 11.0. The number of nitro benzene ring substituents is 1. The molecule has 0 aliphatic carbocycles. The molecule has 10 heteroatoms. The van der Waals surface area contributed by atoms with Crippen LogP contribution in [0.3, 0.4) is 0 Å². The first-order valence-electron chi connectivity index (χ1n) is 5.34. The van der Waals surface area contributed by atoms with Crippen LogP contribution in [0.2, 0.25) is 10.0 Å². The van der Waals surface area contributed by atoms with Gasteiger partial charge in [0.15, 0.2) is 4.34 Å². The predicted octanol–water partition coefficient (Wildman–Crippen LogP) is 4.14. The normalized spacial score (nSPS) is 10.6. The van der Waals surface area contributed by atoms with E-state index in [1.165, 1.54) is 23.5 Å². The number of hydrogen-bond donors (Lipinski definition) is 1. The number of carbonyl (C=O) groups is 1. The minimum absolute atomic E-state index is 0.0958. The number of aromatic nitrogens is 1. The molecule has 0 saturated carbocycles. The molecular weight excluding hydrogens is 359 g/mol. The smallest absolute Gasteiger partial charge is 0.309 e. The highest BCUT2D eigenvalue weighted by Crippen LogP contribution is 2.40. The molecule has 2 rings (SSSR count). The summed E-state index contributed by atoms with van der Waals surface area (Å²) in [6.45, 7) is 0. The third kappa shape index (κ3) is 4.07. The van der Waals surface area contributed by atoms with E-state index in [-0.39, 0.29) is 22.2 Å². The Kier molecular flexibility index (Phi) is 5.04. The van der Waals surface area contributed by atoms with Crippen LogP contribution in [-0.2, 0) is 11.2 Å². The highest BCUT2D eigenvalue weighted by Gasteiger charge is 2.19. The average Bonchev–Trinajstić information content (AvgIpc) is 2.79. The molecule has 0 saturated heterocycles. The van der Waals surface area contributed by atoms with Crippen LogP contribution >= 0.6 is 46.3 Å². The Morgan fingerprint density at radius 3 is 2.71 bits per heavy atom. The van der Waals surface area contributed by atoms with Crippen LogP contribution in [0.1, 0.15) is 5.69 Å². The van der Waals surface area contributed by atoms with Crippen LogP contribution in [-0.4, -0.2) is 21.0 Å². The summed E-state index contributed by atoms with van der Waals surface area (Å²) in [7, 11) is 0. The van der Waals surface area contributed by atoms with Crippen LogP contribution in [0.5, 0.6) is 0 Å². The number of carboxylic acid groups (broad SMARTS) is 1. The lowest BCUT2D eigenvalue weighted by atomic mass is 10.3. The first-order chi connectivity index (χ1) is 9.86. The fraction of sp³-hybridized carbons (Fsp3) is 0.0909. The summed E-state index contributed by atoms with van der Waals surface area (Å²) >= 11 is 13.9. The van der Waals surface area contributed by atoms with Crippen molar-refractivity contribution in [1.82, 2.24) is 4.98 Å². The number of aliphatic carboxylic acids is 1. The van der Waals surface area contributed by atoms with E-state index in [9.17, 15) is 14.9 Å². The highest BCUT2D eigenvalue weighted by atomic mass is 35.5. The van der Waals surface area contributed by atoms with E-state index in [2.05, 4.69) is 4.98 Å². The van der Waals surface area contributed by atoms with Gasteiger partial charge < -0.3 is 5.11 Å². The molecule has 0 aliphatic heterocycles. The molecule has 0 atom stereocenters. The third-order valence-corrected chi connectivity index (χ3v) is 5.02. The minimum Gasteiger partial charge on any atom is -0.481 e. The topological polar surface area (TPSA) is 93.3 Å². The number of nitro groups is 1. The second kappa shape index (κ2) is 6.61. The molecule has 1 aromatic heterocycles. The molecule has 0 radical (unpaired) electrons. The summed E-state index contributed by atoms with van der Waals surface area (Å²) in [6, 6.07) is 2.57. The summed E-state index contributed by atoms with van der Waals surface area (Å²) in [5, 5.41) is 21.6. The van der Waals surface area contributed by atoms with Crippen molar-refractivity contribution in [2.45, 2.75) is 15.7 Å². The molecule has 1 aromatic carbocycles. The number of thiazole rings is 1. The molecule has 1 heterocycles. The zero-order chi connectivity index (χ0) is 15.6. The lowest BCUT2D eigenvalue weighted by Crippen LogP contribution is -1.99. The molecular formula is C11H6Cl2N2O4S2. The Balaban J connectivity index is 2.30. The highest BCUT2D eigenvalue weighted by molar-refractivity contribution is 8.01. The zero-order valence-electron chi connectivity index (χ0n) is 10.1. The van der Waals surface area contributed by atoms with Gasteiger partial charge >= 0.3 is 5.97 Å². The van der Waals surface area contributed by atoms with E-state index in [0.717, 1.165) is 11.8 Å². The number of carboxylic acids is 1. The van der Waals surface area contributed by atoms with Gasteiger partial charge in [-0.2, -0.15) is 0 Å². The van der Waals surface area contributed by atoms with E-state index in [0.29, 0.717) is 14.9 Å². The molecule has 21 heavy (non-hydrogen) atoms. The zero-order valence-corrected chi connectivity index (χ0v) is 13.2. The fourth-order valence-corrected chi connectivity index (χ4v) is 3.71. The van der Waals surface area contributed by atoms with E-state index >= 15 is 0 Å². The van der Waals surface area contributed by atoms with Gasteiger partial charge in [-0.25, -0.2) is 4.98 Å². The van der Waals surface area contributed by atoms with E-state index in [1.54, 1.807) is 5.38 Å². The van der Waals surface area contributed by atoms with E-state index < -0.39 is 10.9 Å². The summed E-state index contributed by atoms with van der Waals surface area (Å²) in [4.78, 5) is 25.5. The van der Waals surface area contributed by atoms with Gasteiger partial charge in [0.2, 0.25) is 0 Å². The van der Waals surface area contributed by atoms with Crippen LogP contribution in [0, 0.1) is 10.1 Å². The van der Waals surface area contributed by atoms with E-state index in [4.69, 9.17) is 28.3 Å². The van der Waals surface area contributed by atoms with Crippen molar-refractivity contribution >= 4 is 58.0 Å². The van der Waals surface area contributed by atoms with Crippen molar-refractivity contribution in [3.8, 4) is 0 Å². The van der Waals surface area contributed by atoms with E-state index in [1.807, 2.05) is 0 Å². The first-order valence-corrected chi connectivity index (χ1v) is 7.79. The second-order valence-electron chi connectivity index (χ2n) is 3.77. The summed E-state index contributed by atoms with van der Waals surface area (Å²) < 4.78 is 0.493. The number of hydrogen-bond acceptors (Lipinski definition) is 6. The molecule has 0 bridgehead atoms. The SMILES string of the molecule is O=C(O)Cc1csc(Sc2cc(Cl)c(Cl)cc2[N+](=O)[O-])n1. The third-order valence-electron chi connectivity index (χ3n) is 2.26. The summed E-state index contributed by atoms with van der Waals surface area (Å²) in [6.07, 6.45) is -0.194. The minimum atomic E-state index is -0.989. The number of rotatable bonds is 5.